The summed E-state index contributed by atoms with van der Waals surface area (Å²) in [6.07, 6.45) is 0.209. The summed E-state index contributed by atoms with van der Waals surface area (Å²) in [4.78, 5) is 17.8. The van der Waals surface area contributed by atoms with Crippen LogP contribution in [-0.2, 0) is 22.5 Å². The van der Waals surface area contributed by atoms with Gasteiger partial charge in [0.1, 0.15) is 27.5 Å². The Balaban J connectivity index is 1.99. The molecule has 0 saturated heterocycles. The minimum atomic E-state index is -0.223. The van der Waals surface area contributed by atoms with Gasteiger partial charge in [-0.25, -0.2) is 0 Å². The molecule has 0 N–H and O–H groups in total. The van der Waals surface area contributed by atoms with Crippen LogP contribution in [0.3, 0.4) is 0 Å². The van der Waals surface area contributed by atoms with E-state index in [1.54, 1.807) is 14.2 Å². The fraction of sp³-hybridized carbons (Fsp3) is 0.391. The van der Waals surface area contributed by atoms with Crippen molar-refractivity contribution in [3.05, 3.63) is 46.8 Å². The van der Waals surface area contributed by atoms with Crippen molar-refractivity contribution in [1.29, 1.82) is 0 Å². The van der Waals surface area contributed by atoms with Crippen molar-refractivity contribution in [3.8, 4) is 17.2 Å². The second-order valence-corrected chi connectivity index (χ2v) is 7.62. The van der Waals surface area contributed by atoms with Crippen LogP contribution in [0.1, 0.15) is 19.4 Å². The topological polar surface area (TPSA) is 71.3 Å². The van der Waals surface area contributed by atoms with E-state index in [-0.39, 0.29) is 12.3 Å². The number of carbonyl (C=O) groups excluding carboxylic acids is 1. The van der Waals surface area contributed by atoms with Crippen molar-refractivity contribution < 1.29 is 23.7 Å². The first kappa shape index (κ1) is 22.8. The van der Waals surface area contributed by atoms with Gasteiger partial charge in [0.15, 0.2) is 4.80 Å². The lowest BCUT2D eigenvalue weighted by Gasteiger charge is -2.10. The Morgan fingerprint density at radius 2 is 1.71 bits per heavy atom. The number of hydrogen-bond acceptors (Lipinski definition) is 6. The van der Waals surface area contributed by atoms with Gasteiger partial charge < -0.3 is 23.5 Å². The van der Waals surface area contributed by atoms with Gasteiger partial charge in [0.25, 0.3) is 5.91 Å². The summed E-state index contributed by atoms with van der Waals surface area (Å²) in [5, 5.41) is 0. The van der Waals surface area contributed by atoms with Crippen molar-refractivity contribution in [1.82, 2.24) is 4.57 Å². The Morgan fingerprint density at radius 3 is 2.35 bits per heavy atom. The van der Waals surface area contributed by atoms with Gasteiger partial charge in [0.2, 0.25) is 0 Å². The maximum atomic E-state index is 12.8. The molecule has 0 atom stereocenters. The third-order valence-corrected chi connectivity index (χ3v) is 5.76. The molecule has 3 rings (SSSR count). The lowest BCUT2D eigenvalue weighted by Crippen LogP contribution is -2.20. The minimum absolute atomic E-state index is 0.209. The van der Waals surface area contributed by atoms with E-state index in [1.165, 1.54) is 11.3 Å². The van der Waals surface area contributed by atoms with Crippen LogP contribution in [0, 0.1) is 0 Å². The van der Waals surface area contributed by atoms with E-state index in [0.717, 1.165) is 21.5 Å². The van der Waals surface area contributed by atoms with Gasteiger partial charge in [-0.3, -0.25) is 4.79 Å². The fourth-order valence-corrected chi connectivity index (χ4v) is 4.42. The Bertz CT molecular complexity index is 1090. The highest BCUT2D eigenvalue weighted by atomic mass is 32.1. The van der Waals surface area contributed by atoms with E-state index in [9.17, 15) is 4.79 Å². The zero-order chi connectivity index (χ0) is 22.2. The second-order valence-electron chi connectivity index (χ2n) is 6.64. The molecule has 8 heteroatoms. The first-order valence-corrected chi connectivity index (χ1v) is 11.0. The molecule has 0 fully saturated rings. The van der Waals surface area contributed by atoms with Crippen LogP contribution in [0.2, 0.25) is 0 Å². The predicted octanol–water partition coefficient (Wildman–Crippen LogP) is 3.83. The van der Waals surface area contributed by atoms with Crippen LogP contribution >= 0.6 is 11.3 Å². The highest BCUT2D eigenvalue weighted by Gasteiger charge is 2.16. The molecule has 1 aromatic heterocycles. The molecule has 0 aliphatic carbocycles. The van der Waals surface area contributed by atoms with Crippen LogP contribution in [-0.4, -0.2) is 44.5 Å². The summed E-state index contributed by atoms with van der Waals surface area (Å²) in [6.45, 7) is 6.16. The quantitative estimate of drug-likeness (QED) is 0.445. The zero-order valence-electron chi connectivity index (χ0n) is 18.3. The number of methoxy groups -OCH3 is 2. The molecule has 0 bridgehead atoms. The molecule has 2 aromatic carbocycles. The van der Waals surface area contributed by atoms with Gasteiger partial charge in [0, 0.05) is 13.2 Å². The number of hydrogen-bond donors (Lipinski definition) is 0. The third kappa shape index (κ3) is 5.45. The molecule has 7 nitrogen and oxygen atoms in total. The number of aromatic nitrogens is 1. The molecule has 0 aliphatic rings. The minimum Gasteiger partial charge on any atom is -0.495 e. The molecule has 1 heterocycles. The van der Waals surface area contributed by atoms with Crippen molar-refractivity contribution in [2.75, 3.05) is 34.0 Å². The summed E-state index contributed by atoms with van der Waals surface area (Å²) in [5.41, 5.74) is 1.73. The molecule has 31 heavy (non-hydrogen) atoms. The van der Waals surface area contributed by atoms with Crippen LogP contribution in [0.25, 0.3) is 10.2 Å². The van der Waals surface area contributed by atoms with E-state index in [1.807, 2.05) is 54.8 Å². The molecule has 0 spiro atoms. The van der Waals surface area contributed by atoms with E-state index in [0.29, 0.717) is 42.7 Å². The third-order valence-electron chi connectivity index (χ3n) is 4.67. The van der Waals surface area contributed by atoms with Gasteiger partial charge in [-0.2, -0.15) is 4.99 Å². The maximum absolute atomic E-state index is 12.8. The summed E-state index contributed by atoms with van der Waals surface area (Å²) in [7, 11) is 3.25. The number of thiazole rings is 1. The molecule has 0 saturated carbocycles. The number of amides is 1. The Labute approximate surface area is 185 Å². The van der Waals surface area contributed by atoms with Crippen molar-refractivity contribution >= 4 is 27.5 Å². The van der Waals surface area contributed by atoms with Crippen molar-refractivity contribution in [2.24, 2.45) is 4.99 Å². The lowest BCUT2D eigenvalue weighted by molar-refractivity contribution is -0.117. The highest BCUT2D eigenvalue weighted by Crippen LogP contribution is 2.35. The molecule has 166 valence electrons. The number of rotatable bonds is 10. The van der Waals surface area contributed by atoms with Crippen LogP contribution in [0.4, 0.5) is 0 Å². The zero-order valence-corrected chi connectivity index (χ0v) is 19.2. The normalized spacial score (nSPS) is 11.7. The molecular weight excluding hydrogens is 416 g/mol. The lowest BCUT2D eigenvalue weighted by atomic mass is 10.1. The van der Waals surface area contributed by atoms with E-state index in [2.05, 4.69) is 4.99 Å². The molecule has 0 aliphatic heterocycles. The van der Waals surface area contributed by atoms with Gasteiger partial charge in [0.05, 0.1) is 33.9 Å². The summed E-state index contributed by atoms with van der Waals surface area (Å²) < 4.78 is 24.9. The van der Waals surface area contributed by atoms with E-state index < -0.39 is 0 Å². The maximum Gasteiger partial charge on any atom is 0.252 e. The first-order chi connectivity index (χ1) is 15.1. The molecule has 0 unspecified atom stereocenters. The van der Waals surface area contributed by atoms with Crippen LogP contribution < -0.4 is 19.0 Å². The average Bonchev–Trinajstić information content (AvgIpc) is 3.13. The highest BCUT2D eigenvalue weighted by molar-refractivity contribution is 7.16. The van der Waals surface area contributed by atoms with Crippen molar-refractivity contribution in [3.63, 3.8) is 0 Å². The molecule has 0 radical (unpaired) electrons. The summed E-state index contributed by atoms with van der Waals surface area (Å²) in [5.74, 6) is 1.97. The van der Waals surface area contributed by atoms with Gasteiger partial charge >= 0.3 is 0 Å². The van der Waals surface area contributed by atoms with Crippen LogP contribution in [0.5, 0.6) is 17.2 Å². The van der Waals surface area contributed by atoms with Gasteiger partial charge in [-0.1, -0.05) is 23.5 Å². The number of fused-ring (bicyclic) bond motifs is 1. The van der Waals surface area contributed by atoms with Gasteiger partial charge in [-0.15, -0.1) is 0 Å². The molecular formula is C23H28N2O5S. The number of ether oxygens (including phenoxy) is 4. The second kappa shape index (κ2) is 11.0. The largest absolute Gasteiger partial charge is 0.495 e. The van der Waals surface area contributed by atoms with Crippen molar-refractivity contribution in [2.45, 2.75) is 26.8 Å². The first-order valence-electron chi connectivity index (χ1n) is 10.2. The standard InChI is InChI=1S/C23H28N2O5S/c1-5-29-14-13-25-21-18(27-3)11-12-19(28-4)22(21)31-23(25)24-20(26)15-16-7-9-17(10-8-16)30-6-2/h7-12H,5-6,13-15H2,1-4H3. The Morgan fingerprint density at radius 1 is 1.00 bits per heavy atom. The molecule has 1 amide bonds. The predicted molar refractivity (Wildman–Crippen MR) is 121 cm³/mol. The summed E-state index contributed by atoms with van der Waals surface area (Å²) in [6, 6.07) is 11.2. The number of carbonyl (C=O) groups is 1. The summed E-state index contributed by atoms with van der Waals surface area (Å²) >= 11 is 1.41. The molecule has 3 aromatic rings. The number of nitrogens with zero attached hydrogens (tertiary/aromatic N) is 2. The monoisotopic (exact) mass is 444 g/mol. The number of benzene rings is 2. The SMILES string of the molecule is CCOCCn1c(=NC(=O)Cc2ccc(OCC)cc2)sc2c(OC)ccc(OC)c21. The van der Waals surface area contributed by atoms with E-state index in [4.69, 9.17) is 18.9 Å². The smallest absolute Gasteiger partial charge is 0.252 e. The van der Waals surface area contributed by atoms with Crippen LogP contribution in [0.15, 0.2) is 41.4 Å². The fourth-order valence-electron chi connectivity index (χ4n) is 3.24. The Kier molecular flexibility index (Phi) is 8.08. The van der Waals surface area contributed by atoms with E-state index >= 15 is 0 Å². The average molecular weight is 445 g/mol. The van der Waals surface area contributed by atoms with Gasteiger partial charge in [-0.05, 0) is 43.7 Å². The Hall–Kier alpha value is -2.84.